The Balaban J connectivity index is 1.97. The molecule has 0 aromatic carbocycles. The number of rotatable bonds is 4. The highest BCUT2D eigenvalue weighted by molar-refractivity contribution is 7.17. The first-order valence-corrected chi connectivity index (χ1v) is 7.38. The average Bonchev–Trinajstić information content (AvgIpc) is 2.88. The van der Waals surface area contributed by atoms with Gasteiger partial charge in [-0.15, -0.1) is 10.2 Å². The number of hydrogen-bond acceptors (Lipinski definition) is 5. The monoisotopic (exact) mass is 268 g/mol. The van der Waals surface area contributed by atoms with Crippen molar-refractivity contribution in [1.29, 1.82) is 0 Å². The summed E-state index contributed by atoms with van der Waals surface area (Å²) >= 11 is 1.29. The van der Waals surface area contributed by atoms with Crippen molar-refractivity contribution in [1.82, 2.24) is 15.5 Å². The molecule has 18 heavy (non-hydrogen) atoms. The van der Waals surface area contributed by atoms with E-state index in [4.69, 9.17) is 0 Å². The summed E-state index contributed by atoms with van der Waals surface area (Å²) in [6.07, 6.45) is 5.93. The molecule has 100 valence electrons. The number of nitrogens with zero attached hydrogens (tertiary/aromatic N) is 2. The van der Waals surface area contributed by atoms with Crippen LogP contribution in [0.15, 0.2) is 0 Å². The van der Waals surface area contributed by atoms with E-state index < -0.39 is 0 Å². The van der Waals surface area contributed by atoms with Crippen LogP contribution in [0.4, 0.5) is 5.13 Å². The van der Waals surface area contributed by atoms with Gasteiger partial charge in [0.2, 0.25) is 10.1 Å². The second kappa shape index (κ2) is 6.13. The fourth-order valence-corrected chi connectivity index (χ4v) is 3.13. The van der Waals surface area contributed by atoms with Gasteiger partial charge in [-0.05, 0) is 18.8 Å². The van der Waals surface area contributed by atoms with Gasteiger partial charge in [0.1, 0.15) is 0 Å². The number of nitrogens with one attached hydrogen (secondary N) is 2. The molecule has 1 aliphatic rings. The average molecular weight is 268 g/mol. The van der Waals surface area contributed by atoms with Crippen molar-refractivity contribution < 1.29 is 4.79 Å². The van der Waals surface area contributed by atoms with E-state index in [1.165, 1.54) is 30.6 Å². The third-order valence-corrected chi connectivity index (χ3v) is 4.52. The highest BCUT2D eigenvalue weighted by Gasteiger charge is 2.26. The van der Waals surface area contributed by atoms with E-state index in [1.807, 2.05) is 0 Å². The lowest BCUT2D eigenvalue weighted by molar-refractivity contribution is 0.0903. The van der Waals surface area contributed by atoms with E-state index in [0.29, 0.717) is 22.1 Å². The van der Waals surface area contributed by atoms with Gasteiger partial charge in [-0.25, -0.2) is 0 Å². The minimum Gasteiger partial charge on any atom is -0.363 e. The maximum absolute atomic E-state index is 12.1. The van der Waals surface area contributed by atoms with Crippen molar-refractivity contribution in [2.75, 3.05) is 12.4 Å². The SMILES string of the molecule is CCC1CCCCC1NC(=O)c1nnc(NC)s1. The second-order valence-electron chi connectivity index (χ2n) is 4.70. The van der Waals surface area contributed by atoms with E-state index in [9.17, 15) is 4.79 Å². The van der Waals surface area contributed by atoms with Crippen LogP contribution in [-0.4, -0.2) is 29.2 Å². The second-order valence-corrected chi connectivity index (χ2v) is 5.67. The molecule has 2 atom stereocenters. The van der Waals surface area contributed by atoms with Crippen molar-refractivity contribution >= 4 is 22.4 Å². The molecule has 0 radical (unpaired) electrons. The molecule has 6 heteroatoms. The third-order valence-electron chi connectivity index (χ3n) is 3.58. The van der Waals surface area contributed by atoms with Crippen molar-refractivity contribution in [2.45, 2.75) is 45.1 Å². The molecule has 2 rings (SSSR count). The Morgan fingerprint density at radius 3 is 2.83 bits per heavy atom. The molecule has 1 aromatic rings. The van der Waals surface area contributed by atoms with E-state index in [1.54, 1.807) is 7.05 Å². The molecular weight excluding hydrogens is 248 g/mol. The zero-order valence-electron chi connectivity index (χ0n) is 10.9. The Kier molecular flexibility index (Phi) is 4.52. The van der Waals surface area contributed by atoms with Crippen LogP contribution < -0.4 is 10.6 Å². The molecule has 0 aliphatic heterocycles. The zero-order chi connectivity index (χ0) is 13.0. The minimum atomic E-state index is -0.0839. The highest BCUT2D eigenvalue weighted by Crippen LogP contribution is 2.27. The number of amides is 1. The molecular formula is C12H20N4OS. The van der Waals surface area contributed by atoms with Gasteiger partial charge >= 0.3 is 0 Å². The summed E-state index contributed by atoms with van der Waals surface area (Å²) in [4.78, 5) is 12.1. The van der Waals surface area contributed by atoms with Crippen molar-refractivity contribution in [3.8, 4) is 0 Å². The Bertz CT molecular complexity index is 407. The predicted molar refractivity (Wildman–Crippen MR) is 73.0 cm³/mol. The standard InChI is InChI=1S/C12H20N4OS/c1-3-8-6-4-5-7-9(8)14-10(17)11-15-16-12(13-2)18-11/h8-9H,3-7H2,1-2H3,(H,13,16)(H,14,17). The summed E-state index contributed by atoms with van der Waals surface area (Å²) in [5, 5.41) is 14.9. The lowest BCUT2D eigenvalue weighted by Crippen LogP contribution is -2.41. The van der Waals surface area contributed by atoms with Crippen LogP contribution in [0, 0.1) is 5.92 Å². The van der Waals surface area contributed by atoms with E-state index in [2.05, 4.69) is 27.8 Å². The Hall–Kier alpha value is -1.17. The molecule has 2 unspecified atom stereocenters. The number of aromatic nitrogens is 2. The Morgan fingerprint density at radius 1 is 1.39 bits per heavy atom. The molecule has 1 aromatic heterocycles. The predicted octanol–water partition coefficient (Wildman–Crippen LogP) is 2.28. The summed E-state index contributed by atoms with van der Waals surface area (Å²) in [5.74, 6) is 0.527. The molecule has 0 spiro atoms. The van der Waals surface area contributed by atoms with E-state index >= 15 is 0 Å². The number of carbonyl (C=O) groups excluding carboxylic acids is 1. The van der Waals surface area contributed by atoms with Crippen molar-refractivity contribution in [3.05, 3.63) is 5.01 Å². The largest absolute Gasteiger partial charge is 0.363 e. The van der Waals surface area contributed by atoms with E-state index in [0.717, 1.165) is 12.8 Å². The first-order valence-electron chi connectivity index (χ1n) is 6.56. The smallest absolute Gasteiger partial charge is 0.282 e. The summed E-state index contributed by atoms with van der Waals surface area (Å²) in [7, 11) is 1.77. The lowest BCUT2D eigenvalue weighted by Gasteiger charge is -2.31. The van der Waals surface area contributed by atoms with Crippen LogP contribution in [0.5, 0.6) is 0 Å². The molecule has 1 amide bonds. The van der Waals surface area contributed by atoms with Crippen LogP contribution in [-0.2, 0) is 0 Å². The van der Waals surface area contributed by atoms with Gasteiger partial charge in [-0.1, -0.05) is 37.5 Å². The topological polar surface area (TPSA) is 66.9 Å². The van der Waals surface area contributed by atoms with Gasteiger partial charge in [-0.2, -0.15) is 0 Å². The van der Waals surface area contributed by atoms with Gasteiger partial charge in [0.25, 0.3) is 5.91 Å². The van der Waals surface area contributed by atoms with Gasteiger partial charge in [0.15, 0.2) is 0 Å². The molecule has 1 heterocycles. The van der Waals surface area contributed by atoms with Crippen LogP contribution in [0.2, 0.25) is 0 Å². The molecule has 1 fully saturated rings. The van der Waals surface area contributed by atoms with Crippen LogP contribution >= 0.6 is 11.3 Å². The normalized spacial score (nSPS) is 23.7. The number of carbonyl (C=O) groups is 1. The fourth-order valence-electron chi connectivity index (χ4n) is 2.53. The maximum Gasteiger partial charge on any atom is 0.282 e. The first-order chi connectivity index (χ1) is 8.74. The van der Waals surface area contributed by atoms with Gasteiger partial charge < -0.3 is 10.6 Å². The first kappa shape index (κ1) is 13.3. The summed E-state index contributed by atoms with van der Waals surface area (Å²) in [6.45, 7) is 2.19. The number of anilines is 1. The molecule has 2 N–H and O–H groups in total. The lowest BCUT2D eigenvalue weighted by atomic mass is 9.83. The van der Waals surface area contributed by atoms with Gasteiger partial charge in [0.05, 0.1) is 0 Å². The van der Waals surface area contributed by atoms with Gasteiger partial charge in [0, 0.05) is 13.1 Å². The highest BCUT2D eigenvalue weighted by atomic mass is 32.1. The quantitative estimate of drug-likeness (QED) is 0.879. The molecule has 1 aliphatic carbocycles. The van der Waals surface area contributed by atoms with Crippen molar-refractivity contribution in [3.63, 3.8) is 0 Å². The van der Waals surface area contributed by atoms with Crippen LogP contribution in [0.25, 0.3) is 0 Å². The van der Waals surface area contributed by atoms with Crippen molar-refractivity contribution in [2.24, 2.45) is 5.92 Å². The molecule has 0 saturated heterocycles. The molecule has 5 nitrogen and oxygen atoms in total. The molecule has 0 bridgehead atoms. The Labute approximate surface area is 111 Å². The van der Waals surface area contributed by atoms with Crippen LogP contribution in [0.3, 0.4) is 0 Å². The minimum absolute atomic E-state index is 0.0839. The van der Waals surface area contributed by atoms with E-state index in [-0.39, 0.29) is 5.91 Å². The summed E-state index contributed by atoms with van der Waals surface area (Å²) < 4.78 is 0. The molecule has 1 saturated carbocycles. The summed E-state index contributed by atoms with van der Waals surface area (Å²) in [5.41, 5.74) is 0. The maximum atomic E-state index is 12.1. The fraction of sp³-hybridized carbons (Fsp3) is 0.750. The Morgan fingerprint density at radius 2 is 2.17 bits per heavy atom. The zero-order valence-corrected chi connectivity index (χ0v) is 11.7. The number of hydrogen-bond donors (Lipinski definition) is 2. The van der Waals surface area contributed by atoms with Gasteiger partial charge in [-0.3, -0.25) is 4.79 Å². The van der Waals surface area contributed by atoms with Crippen LogP contribution in [0.1, 0.15) is 48.8 Å². The summed E-state index contributed by atoms with van der Waals surface area (Å²) in [6, 6.07) is 0.304. The third kappa shape index (κ3) is 2.98.